The zero-order chi connectivity index (χ0) is 22.1. The predicted molar refractivity (Wildman–Crippen MR) is 123 cm³/mol. The molecule has 0 unspecified atom stereocenters. The Bertz CT molecular complexity index is 1070. The molecule has 0 aliphatic heterocycles. The lowest BCUT2D eigenvalue weighted by Crippen LogP contribution is -2.07. The zero-order valence-electron chi connectivity index (χ0n) is 16.7. The van der Waals surface area contributed by atoms with Crippen molar-refractivity contribution in [1.82, 2.24) is 4.98 Å². The van der Waals surface area contributed by atoms with Gasteiger partial charge < -0.3 is 4.74 Å². The summed E-state index contributed by atoms with van der Waals surface area (Å²) in [6.07, 6.45) is 1.59. The Balaban J connectivity index is 1.61. The van der Waals surface area contributed by atoms with E-state index in [0.29, 0.717) is 33.6 Å². The SMILES string of the molecule is CCOC(=O)Cc1csc(NN=Cc2ccc(SCc3ccccc3)c([N+](=O)[O-])c2)n1. The van der Waals surface area contributed by atoms with E-state index in [1.165, 1.54) is 35.4 Å². The highest BCUT2D eigenvalue weighted by Gasteiger charge is 2.15. The van der Waals surface area contributed by atoms with Crippen LogP contribution < -0.4 is 5.43 Å². The van der Waals surface area contributed by atoms with Crippen molar-refractivity contribution in [3.63, 3.8) is 0 Å². The highest BCUT2D eigenvalue weighted by Crippen LogP contribution is 2.32. The standard InChI is InChI=1S/C21H20N4O4S2/c1-2-29-20(26)11-17-14-31-21(23-17)24-22-12-16-8-9-19(18(10-16)25(27)28)30-13-15-6-4-3-5-7-15/h3-10,12,14H,2,11,13H2,1H3,(H,23,24). The molecular formula is C21H20N4O4S2. The Kier molecular flexibility index (Phi) is 8.13. The molecular weight excluding hydrogens is 436 g/mol. The van der Waals surface area contributed by atoms with Gasteiger partial charge in [0.1, 0.15) is 0 Å². The number of hydrazone groups is 1. The smallest absolute Gasteiger partial charge is 0.311 e. The highest BCUT2D eigenvalue weighted by atomic mass is 32.2. The molecule has 0 saturated carbocycles. The number of aromatic nitrogens is 1. The molecule has 2 aromatic carbocycles. The number of nitro benzene ring substituents is 1. The van der Waals surface area contributed by atoms with E-state index in [9.17, 15) is 14.9 Å². The molecule has 3 aromatic rings. The summed E-state index contributed by atoms with van der Waals surface area (Å²) in [5.41, 5.74) is 5.10. The fraction of sp³-hybridized carbons (Fsp3) is 0.190. The van der Waals surface area contributed by atoms with Gasteiger partial charge in [-0.2, -0.15) is 5.10 Å². The molecule has 8 nitrogen and oxygen atoms in total. The largest absolute Gasteiger partial charge is 0.466 e. The number of thiazole rings is 1. The molecule has 1 aromatic heterocycles. The van der Waals surface area contributed by atoms with Crippen LogP contribution in [0.1, 0.15) is 23.7 Å². The van der Waals surface area contributed by atoms with Gasteiger partial charge in [0.15, 0.2) is 0 Å². The summed E-state index contributed by atoms with van der Waals surface area (Å²) in [4.78, 5) is 27.5. The molecule has 0 amide bonds. The molecule has 1 heterocycles. The van der Waals surface area contributed by atoms with Gasteiger partial charge in [0, 0.05) is 22.8 Å². The minimum absolute atomic E-state index is 0.0378. The molecule has 1 N–H and O–H groups in total. The fourth-order valence-electron chi connectivity index (χ4n) is 2.58. The number of anilines is 1. The second-order valence-electron chi connectivity index (χ2n) is 6.25. The number of carbonyl (C=O) groups excluding carboxylic acids is 1. The van der Waals surface area contributed by atoms with Gasteiger partial charge in [-0.25, -0.2) is 4.98 Å². The Labute approximate surface area is 187 Å². The minimum atomic E-state index is -0.388. The number of hydrogen-bond donors (Lipinski definition) is 1. The van der Waals surface area contributed by atoms with Crippen LogP contribution in [0, 0.1) is 10.1 Å². The van der Waals surface area contributed by atoms with E-state index in [1.54, 1.807) is 24.4 Å². The second-order valence-corrected chi connectivity index (χ2v) is 8.13. The quantitative estimate of drug-likeness (QED) is 0.152. The summed E-state index contributed by atoms with van der Waals surface area (Å²) in [7, 11) is 0. The molecule has 0 aliphatic carbocycles. The molecule has 0 aliphatic rings. The number of ether oxygens (including phenoxy) is 1. The number of nitrogens with one attached hydrogen (secondary N) is 1. The lowest BCUT2D eigenvalue weighted by Gasteiger charge is -2.04. The lowest BCUT2D eigenvalue weighted by atomic mass is 10.2. The number of benzene rings is 2. The van der Waals surface area contributed by atoms with Crippen molar-refractivity contribution in [2.24, 2.45) is 5.10 Å². The van der Waals surface area contributed by atoms with E-state index < -0.39 is 0 Å². The molecule has 0 radical (unpaired) electrons. The van der Waals surface area contributed by atoms with Gasteiger partial charge in [-0.15, -0.1) is 23.1 Å². The maximum atomic E-state index is 11.5. The van der Waals surface area contributed by atoms with E-state index in [-0.39, 0.29) is 23.0 Å². The maximum Gasteiger partial charge on any atom is 0.311 e. The Morgan fingerprint density at radius 2 is 2.13 bits per heavy atom. The van der Waals surface area contributed by atoms with Gasteiger partial charge in [0.25, 0.3) is 5.69 Å². The van der Waals surface area contributed by atoms with Crippen molar-refractivity contribution >= 4 is 46.1 Å². The van der Waals surface area contributed by atoms with Crippen molar-refractivity contribution < 1.29 is 14.5 Å². The van der Waals surface area contributed by atoms with Crippen molar-refractivity contribution in [3.8, 4) is 0 Å². The van der Waals surface area contributed by atoms with E-state index >= 15 is 0 Å². The maximum absolute atomic E-state index is 11.5. The second kappa shape index (κ2) is 11.2. The van der Waals surface area contributed by atoms with Crippen molar-refractivity contribution in [3.05, 3.63) is 80.8 Å². The third-order valence-electron chi connectivity index (χ3n) is 3.97. The molecule has 160 valence electrons. The first-order valence-corrected chi connectivity index (χ1v) is 11.3. The van der Waals surface area contributed by atoms with Crippen LogP contribution in [0.4, 0.5) is 10.8 Å². The molecule has 3 rings (SSSR count). The van der Waals surface area contributed by atoms with E-state index in [4.69, 9.17) is 4.74 Å². The molecule has 31 heavy (non-hydrogen) atoms. The number of thioether (sulfide) groups is 1. The first-order chi connectivity index (χ1) is 15.0. The first kappa shape index (κ1) is 22.4. The molecule has 0 fully saturated rings. The number of nitro groups is 1. The number of carbonyl (C=O) groups is 1. The minimum Gasteiger partial charge on any atom is -0.466 e. The molecule has 0 saturated heterocycles. The van der Waals surface area contributed by atoms with Crippen LogP contribution in [0.5, 0.6) is 0 Å². The van der Waals surface area contributed by atoms with Gasteiger partial charge >= 0.3 is 5.97 Å². The number of nitrogens with zero attached hydrogens (tertiary/aromatic N) is 3. The normalized spacial score (nSPS) is 10.9. The van der Waals surface area contributed by atoms with Gasteiger partial charge in [-0.05, 0) is 18.6 Å². The lowest BCUT2D eigenvalue weighted by molar-refractivity contribution is -0.387. The summed E-state index contributed by atoms with van der Waals surface area (Å²) in [5.74, 6) is 0.315. The molecule has 0 bridgehead atoms. The molecule has 0 atom stereocenters. The summed E-state index contributed by atoms with van der Waals surface area (Å²) in [6, 6.07) is 14.8. The van der Waals surface area contributed by atoms with Gasteiger partial charge in [-0.3, -0.25) is 20.3 Å². The topological polar surface area (TPSA) is 107 Å². The summed E-state index contributed by atoms with van der Waals surface area (Å²) in [6.45, 7) is 2.08. The Morgan fingerprint density at radius 3 is 2.87 bits per heavy atom. The van der Waals surface area contributed by atoms with Gasteiger partial charge in [0.2, 0.25) is 5.13 Å². The number of hydrogen-bond acceptors (Lipinski definition) is 9. The zero-order valence-corrected chi connectivity index (χ0v) is 18.3. The van der Waals surface area contributed by atoms with Crippen LogP contribution in [0.2, 0.25) is 0 Å². The number of rotatable bonds is 10. The van der Waals surface area contributed by atoms with Crippen LogP contribution in [-0.2, 0) is 21.7 Å². The molecule has 10 heteroatoms. The monoisotopic (exact) mass is 456 g/mol. The predicted octanol–water partition coefficient (Wildman–Crippen LogP) is 4.90. The number of esters is 1. The van der Waals surface area contributed by atoms with Crippen LogP contribution in [-0.4, -0.2) is 28.7 Å². The van der Waals surface area contributed by atoms with Crippen LogP contribution in [0.3, 0.4) is 0 Å². The fourth-order valence-corrected chi connectivity index (χ4v) is 4.20. The average Bonchev–Trinajstić information content (AvgIpc) is 3.20. The first-order valence-electron chi connectivity index (χ1n) is 9.39. The van der Waals surface area contributed by atoms with Crippen LogP contribution >= 0.6 is 23.1 Å². The van der Waals surface area contributed by atoms with Crippen LogP contribution in [0.25, 0.3) is 0 Å². The summed E-state index contributed by atoms with van der Waals surface area (Å²) >= 11 is 2.73. The van der Waals surface area contributed by atoms with Crippen molar-refractivity contribution in [2.75, 3.05) is 12.0 Å². The van der Waals surface area contributed by atoms with Crippen LogP contribution in [0.15, 0.2) is 63.9 Å². The highest BCUT2D eigenvalue weighted by molar-refractivity contribution is 7.98. The van der Waals surface area contributed by atoms with E-state index in [1.807, 2.05) is 30.3 Å². The third kappa shape index (κ3) is 6.90. The summed E-state index contributed by atoms with van der Waals surface area (Å²) in [5, 5.41) is 17.9. The van der Waals surface area contributed by atoms with E-state index in [2.05, 4.69) is 15.5 Å². The van der Waals surface area contributed by atoms with Crippen molar-refractivity contribution in [2.45, 2.75) is 24.0 Å². The molecule has 0 spiro atoms. The van der Waals surface area contributed by atoms with Crippen molar-refractivity contribution in [1.29, 1.82) is 0 Å². The third-order valence-corrected chi connectivity index (χ3v) is 5.90. The Hall–Kier alpha value is -3.24. The van der Waals surface area contributed by atoms with Gasteiger partial charge in [0.05, 0.1) is 34.8 Å². The van der Waals surface area contributed by atoms with Gasteiger partial charge in [-0.1, -0.05) is 36.4 Å². The average molecular weight is 457 g/mol. The van der Waals surface area contributed by atoms with E-state index in [0.717, 1.165) is 5.56 Å². The Morgan fingerprint density at radius 1 is 1.32 bits per heavy atom. The summed E-state index contributed by atoms with van der Waals surface area (Å²) < 4.78 is 4.90.